The van der Waals surface area contributed by atoms with Gasteiger partial charge in [0.2, 0.25) is 0 Å². The third kappa shape index (κ3) is 4.91. The van der Waals surface area contributed by atoms with Crippen LogP contribution in [0.15, 0.2) is 54.6 Å². The van der Waals surface area contributed by atoms with Crippen LogP contribution >= 0.6 is 11.5 Å². The molecule has 0 spiro atoms. The predicted octanol–water partition coefficient (Wildman–Crippen LogP) is 5.28. The molecule has 0 saturated heterocycles. The van der Waals surface area contributed by atoms with Gasteiger partial charge >= 0.3 is 18.2 Å². The molecule has 2 N–H and O–H groups in total. The molecule has 0 atom stereocenters. The maximum Gasteiger partial charge on any atom is 0.416 e. The summed E-state index contributed by atoms with van der Waals surface area (Å²) in [7, 11) is 0. The molecule has 0 aliphatic carbocycles. The minimum Gasteiger partial charge on any atom is -0.477 e. The van der Waals surface area contributed by atoms with E-state index in [9.17, 15) is 27.9 Å². The second-order valence-corrected chi connectivity index (χ2v) is 6.58. The monoisotopic (exact) mass is 422 g/mol. The van der Waals surface area contributed by atoms with Crippen molar-refractivity contribution >= 4 is 29.3 Å². The van der Waals surface area contributed by atoms with Crippen molar-refractivity contribution < 1.29 is 32.6 Å². The van der Waals surface area contributed by atoms with E-state index in [1.165, 1.54) is 12.1 Å². The zero-order valence-corrected chi connectivity index (χ0v) is 15.4. The molecule has 0 unspecified atom stereocenters. The van der Waals surface area contributed by atoms with E-state index in [0.29, 0.717) is 17.1 Å². The summed E-state index contributed by atoms with van der Waals surface area (Å²) in [5, 5.41) is 11.6. The van der Waals surface area contributed by atoms with Crippen LogP contribution in [-0.2, 0) is 17.5 Å². The number of amides is 1. The molecule has 3 rings (SSSR count). The lowest BCUT2D eigenvalue weighted by Crippen LogP contribution is -2.15. The van der Waals surface area contributed by atoms with Gasteiger partial charge < -0.3 is 9.84 Å². The van der Waals surface area contributed by atoms with Gasteiger partial charge in [-0.05, 0) is 29.2 Å². The molecule has 1 aromatic heterocycles. The first kappa shape index (κ1) is 20.3. The Kier molecular flexibility index (Phi) is 5.83. The molecule has 150 valence electrons. The number of carboxylic acid groups (broad SMARTS) is 1. The molecular formula is C19H13F3N2O4S. The molecule has 10 heteroatoms. The Labute approximate surface area is 166 Å². The maximum absolute atomic E-state index is 13.0. The Morgan fingerprint density at radius 3 is 2.48 bits per heavy atom. The third-order valence-corrected chi connectivity index (χ3v) is 4.62. The molecule has 2 aromatic carbocycles. The number of hydrogen-bond donors (Lipinski definition) is 2. The van der Waals surface area contributed by atoms with Crippen molar-refractivity contribution in [2.24, 2.45) is 0 Å². The van der Waals surface area contributed by atoms with Crippen LogP contribution in [0.25, 0.3) is 11.3 Å². The number of benzene rings is 2. The van der Waals surface area contributed by atoms with Crippen LogP contribution in [0.4, 0.5) is 23.7 Å². The molecule has 3 aromatic rings. The fourth-order valence-corrected chi connectivity index (χ4v) is 3.15. The smallest absolute Gasteiger partial charge is 0.416 e. The van der Waals surface area contributed by atoms with Crippen molar-refractivity contribution in [1.82, 2.24) is 4.37 Å². The second kappa shape index (κ2) is 8.31. The van der Waals surface area contributed by atoms with Gasteiger partial charge in [0, 0.05) is 5.56 Å². The summed E-state index contributed by atoms with van der Waals surface area (Å²) in [6.07, 6.45) is -5.53. The highest BCUT2D eigenvalue weighted by molar-refractivity contribution is 7.09. The van der Waals surface area contributed by atoms with Crippen LogP contribution in [0.1, 0.15) is 20.8 Å². The van der Waals surface area contributed by atoms with E-state index in [0.717, 1.165) is 12.1 Å². The number of hydrogen-bond acceptors (Lipinski definition) is 5. The van der Waals surface area contributed by atoms with E-state index in [4.69, 9.17) is 4.74 Å². The van der Waals surface area contributed by atoms with E-state index in [1.54, 1.807) is 30.3 Å². The zero-order chi connectivity index (χ0) is 21.0. The topological polar surface area (TPSA) is 88.5 Å². The van der Waals surface area contributed by atoms with Crippen molar-refractivity contribution in [2.45, 2.75) is 12.8 Å². The average Bonchev–Trinajstić information content (AvgIpc) is 3.10. The number of alkyl halides is 3. The first-order valence-electron chi connectivity index (χ1n) is 8.14. The van der Waals surface area contributed by atoms with Crippen LogP contribution in [0.5, 0.6) is 0 Å². The van der Waals surface area contributed by atoms with Gasteiger partial charge in [-0.15, -0.1) is 0 Å². The summed E-state index contributed by atoms with van der Waals surface area (Å²) in [6, 6.07) is 13.0. The standard InChI is InChI=1S/C19H13F3N2O4S/c20-19(21,22)13-8-4-7-12(9-13)14-15(16(17(25)26)29-24-14)23-18(27)28-10-11-5-2-1-3-6-11/h1-9H,10H2,(H,23,27)(H,25,26). The molecule has 0 bridgehead atoms. The maximum atomic E-state index is 13.0. The summed E-state index contributed by atoms with van der Waals surface area (Å²) in [6.45, 7) is -0.0640. The Bertz CT molecular complexity index is 1040. The average molecular weight is 422 g/mol. The van der Waals surface area contributed by atoms with Crippen molar-refractivity contribution in [3.8, 4) is 11.3 Å². The van der Waals surface area contributed by atoms with Crippen LogP contribution in [-0.4, -0.2) is 21.5 Å². The Morgan fingerprint density at radius 2 is 1.83 bits per heavy atom. The minimum absolute atomic E-state index is 0.0157. The SMILES string of the molecule is O=C(Nc1c(-c2cccc(C(F)(F)F)c2)nsc1C(=O)O)OCc1ccccc1. The van der Waals surface area contributed by atoms with Crippen LogP contribution in [0, 0.1) is 0 Å². The number of aromatic nitrogens is 1. The zero-order valence-electron chi connectivity index (χ0n) is 14.6. The highest BCUT2D eigenvalue weighted by Crippen LogP contribution is 2.37. The molecule has 0 aliphatic rings. The molecule has 1 heterocycles. The largest absolute Gasteiger partial charge is 0.477 e. The van der Waals surface area contributed by atoms with Gasteiger partial charge in [0.25, 0.3) is 0 Å². The van der Waals surface area contributed by atoms with Gasteiger partial charge in [0.05, 0.1) is 11.3 Å². The quantitative estimate of drug-likeness (QED) is 0.584. The van der Waals surface area contributed by atoms with Crippen LogP contribution in [0.3, 0.4) is 0 Å². The van der Waals surface area contributed by atoms with E-state index < -0.39 is 23.8 Å². The third-order valence-electron chi connectivity index (χ3n) is 3.79. The fourth-order valence-electron chi connectivity index (χ4n) is 2.45. The van der Waals surface area contributed by atoms with Gasteiger partial charge in [0.1, 0.15) is 12.3 Å². The molecule has 6 nitrogen and oxygen atoms in total. The number of anilines is 1. The van der Waals surface area contributed by atoms with Crippen molar-refractivity contribution in [3.05, 3.63) is 70.6 Å². The molecular weight excluding hydrogens is 409 g/mol. The Morgan fingerprint density at radius 1 is 1.10 bits per heavy atom. The summed E-state index contributed by atoms with van der Waals surface area (Å²) in [5.74, 6) is -1.38. The van der Waals surface area contributed by atoms with Gasteiger partial charge in [-0.1, -0.05) is 42.5 Å². The number of ether oxygens (including phenoxy) is 1. The molecule has 0 aliphatic heterocycles. The number of aromatic carboxylic acids is 1. The summed E-state index contributed by atoms with van der Waals surface area (Å²) in [4.78, 5) is 23.3. The lowest BCUT2D eigenvalue weighted by Gasteiger charge is -2.10. The second-order valence-electron chi connectivity index (χ2n) is 5.81. The van der Waals surface area contributed by atoms with Crippen LogP contribution < -0.4 is 5.32 Å². The number of carbonyl (C=O) groups is 2. The van der Waals surface area contributed by atoms with Gasteiger partial charge in [-0.3, -0.25) is 5.32 Å². The highest BCUT2D eigenvalue weighted by Gasteiger charge is 2.31. The predicted molar refractivity (Wildman–Crippen MR) is 99.8 cm³/mol. The van der Waals surface area contributed by atoms with E-state index in [1.807, 2.05) is 0 Å². The Balaban J connectivity index is 1.87. The van der Waals surface area contributed by atoms with Gasteiger partial charge in [-0.2, -0.15) is 17.5 Å². The van der Waals surface area contributed by atoms with E-state index >= 15 is 0 Å². The number of rotatable bonds is 5. The first-order chi connectivity index (χ1) is 13.8. The molecule has 1 amide bonds. The number of nitrogens with one attached hydrogen (secondary N) is 1. The minimum atomic E-state index is -4.58. The van der Waals surface area contributed by atoms with E-state index in [-0.39, 0.29) is 28.4 Å². The van der Waals surface area contributed by atoms with Crippen molar-refractivity contribution in [2.75, 3.05) is 5.32 Å². The fraction of sp³-hybridized carbons (Fsp3) is 0.105. The normalized spacial score (nSPS) is 11.1. The van der Waals surface area contributed by atoms with Gasteiger partial charge in [0.15, 0.2) is 4.88 Å². The number of halogens is 3. The van der Waals surface area contributed by atoms with Crippen molar-refractivity contribution in [1.29, 1.82) is 0 Å². The number of nitrogens with zero attached hydrogens (tertiary/aromatic N) is 1. The van der Waals surface area contributed by atoms with Crippen LogP contribution in [0.2, 0.25) is 0 Å². The lowest BCUT2D eigenvalue weighted by atomic mass is 10.1. The first-order valence-corrected chi connectivity index (χ1v) is 8.91. The number of carbonyl (C=O) groups excluding carboxylic acids is 1. The molecule has 0 fully saturated rings. The molecule has 0 radical (unpaired) electrons. The summed E-state index contributed by atoms with van der Waals surface area (Å²) < 4.78 is 47.9. The molecule has 0 saturated carbocycles. The van der Waals surface area contributed by atoms with E-state index in [2.05, 4.69) is 9.69 Å². The molecule has 29 heavy (non-hydrogen) atoms. The Hall–Kier alpha value is -3.40. The summed E-state index contributed by atoms with van der Waals surface area (Å²) >= 11 is 0.548. The number of carboxylic acids is 1. The van der Waals surface area contributed by atoms with Gasteiger partial charge in [-0.25, -0.2) is 9.59 Å². The summed E-state index contributed by atoms with van der Waals surface area (Å²) in [5.41, 5.74) is -0.503. The highest BCUT2D eigenvalue weighted by atomic mass is 32.1. The lowest BCUT2D eigenvalue weighted by molar-refractivity contribution is -0.137. The van der Waals surface area contributed by atoms with Crippen molar-refractivity contribution in [3.63, 3.8) is 0 Å².